The zero-order chi connectivity index (χ0) is 36.7. The molecule has 0 spiro atoms. The summed E-state index contributed by atoms with van der Waals surface area (Å²) in [5.41, 5.74) is 11.6. The van der Waals surface area contributed by atoms with E-state index < -0.39 is 0 Å². The number of fused-ring (bicyclic) bond motifs is 7. The van der Waals surface area contributed by atoms with E-state index in [-0.39, 0.29) is 0 Å². The lowest BCUT2D eigenvalue weighted by Crippen LogP contribution is -1.93. The number of para-hydroxylation sites is 2. The predicted molar refractivity (Wildman–Crippen MR) is 234 cm³/mol. The predicted octanol–water partition coefficient (Wildman–Crippen LogP) is 14.1. The first-order valence-electron chi connectivity index (χ1n) is 18.6. The van der Waals surface area contributed by atoms with Crippen LogP contribution in [0.4, 0.5) is 0 Å². The Morgan fingerprint density at radius 1 is 0.418 bits per heavy atom. The van der Waals surface area contributed by atoms with Gasteiger partial charge in [-0.3, -0.25) is 0 Å². The maximum absolute atomic E-state index is 5.07. The van der Waals surface area contributed by atoms with Gasteiger partial charge in [0.25, 0.3) is 0 Å². The fraction of sp³-hybridized carbons (Fsp3) is 0.0196. The van der Waals surface area contributed by atoms with Gasteiger partial charge in [0.05, 0.1) is 26.9 Å². The van der Waals surface area contributed by atoms with Gasteiger partial charge in [-0.05, 0) is 58.7 Å². The van der Waals surface area contributed by atoms with Crippen molar-refractivity contribution in [1.82, 2.24) is 14.5 Å². The smallest absolute Gasteiger partial charge is 0.160 e. The van der Waals surface area contributed by atoms with Crippen molar-refractivity contribution in [3.8, 4) is 39.5 Å². The molecule has 0 aliphatic rings. The van der Waals surface area contributed by atoms with Crippen LogP contribution in [0.1, 0.15) is 5.56 Å². The fourth-order valence-electron chi connectivity index (χ4n) is 7.69. The van der Waals surface area contributed by atoms with Gasteiger partial charge in [-0.25, -0.2) is 9.97 Å². The molecule has 0 unspecified atom stereocenters. The first-order valence-corrected chi connectivity index (χ1v) is 19.4. The van der Waals surface area contributed by atoms with Crippen molar-refractivity contribution in [3.63, 3.8) is 0 Å². The quantitative estimate of drug-likeness (QED) is 0.181. The second kappa shape index (κ2) is 13.8. The normalized spacial score (nSPS) is 11.4. The van der Waals surface area contributed by atoms with Gasteiger partial charge < -0.3 is 4.57 Å². The minimum Gasteiger partial charge on any atom is -0.309 e. The average molecular weight is 722 g/mol. The molecule has 3 nitrogen and oxygen atoms in total. The minimum atomic E-state index is 0.765. The third-order valence-corrected chi connectivity index (χ3v) is 11.7. The standard InChI is InChI=1S/C29H20N2S.C22H15N/c1-19-9-8-14-24-26-28(32-27(19)24)25(30-29(31-26)23-12-6-3-7-13-23)22-17-15-21(16-18-22)20-10-4-2-5-11-20;1-2-8-17-15-18(14-13-16(17)7-1)23-21-11-5-3-9-19(21)20-10-4-6-12-22(20)23/h2-18H,1H3;1-15H. The van der Waals surface area contributed by atoms with Crippen molar-refractivity contribution < 1.29 is 0 Å². The SMILES string of the molecule is Cc1cccc2c1sc1c(-c3ccc(-c4ccccc4)cc3)nc(-c3ccccc3)nc12.c1ccc2cc(-n3c4ccccc4c4ccccc43)ccc2c1. The topological polar surface area (TPSA) is 30.7 Å². The highest BCUT2D eigenvalue weighted by atomic mass is 32.1. The summed E-state index contributed by atoms with van der Waals surface area (Å²) in [5.74, 6) is 0.765. The number of aryl methyl sites for hydroxylation is 1. The Labute approximate surface area is 323 Å². The molecule has 0 radical (unpaired) electrons. The van der Waals surface area contributed by atoms with Crippen molar-refractivity contribution in [2.75, 3.05) is 0 Å². The Kier molecular flexibility index (Phi) is 8.24. The molecule has 3 heterocycles. The second-order valence-electron chi connectivity index (χ2n) is 13.8. The maximum atomic E-state index is 5.07. The van der Waals surface area contributed by atoms with Crippen molar-refractivity contribution in [3.05, 3.63) is 200 Å². The molecule has 0 aliphatic heterocycles. The summed E-state index contributed by atoms with van der Waals surface area (Å²) >= 11 is 1.79. The highest BCUT2D eigenvalue weighted by molar-refractivity contribution is 7.26. The van der Waals surface area contributed by atoms with Crippen molar-refractivity contribution in [1.29, 1.82) is 0 Å². The van der Waals surface area contributed by atoms with E-state index in [0.29, 0.717) is 0 Å². The fourth-order valence-corrected chi connectivity index (χ4v) is 8.91. The third-order valence-electron chi connectivity index (χ3n) is 10.4. The highest BCUT2D eigenvalue weighted by Crippen LogP contribution is 2.41. The first-order chi connectivity index (χ1) is 27.2. The summed E-state index contributed by atoms with van der Waals surface area (Å²) in [6.07, 6.45) is 0. The summed E-state index contributed by atoms with van der Waals surface area (Å²) in [6.45, 7) is 2.16. The van der Waals surface area contributed by atoms with Gasteiger partial charge in [0.15, 0.2) is 5.82 Å². The van der Waals surface area contributed by atoms with Crippen molar-refractivity contribution in [2.45, 2.75) is 6.92 Å². The lowest BCUT2D eigenvalue weighted by molar-refractivity contribution is 1.19. The molecule has 55 heavy (non-hydrogen) atoms. The van der Waals surface area contributed by atoms with Gasteiger partial charge in [-0.2, -0.15) is 0 Å². The minimum absolute atomic E-state index is 0.765. The van der Waals surface area contributed by atoms with Crippen LogP contribution in [0.15, 0.2) is 194 Å². The zero-order valence-corrected chi connectivity index (χ0v) is 31.0. The number of nitrogens with zero attached hydrogens (tertiary/aromatic N) is 3. The van der Waals surface area contributed by atoms with Gasteiger partial charge in [0.2, 0.25) is 0 Å². The number of rotatable bonds is 4. The Balaban J connectivity index is 0.000000143. The van der Waals surface area contributed by atoms with Gasteiger partial charge in [0.1, 0.15) is 0 Å². The van der Waals surface area contributed by atoms with Crippen LogP contribution >= 0.6 is 11.3 Å². The van der Waals surface area contributed by atoms with Gasteiger partial charge in [-0.15, -0.1) is 11.3 Å². The molecule has 260 valence electrons. The third kappa shape index (κ3) is 5.94. The summed E-state index contributed by atoms with van der Waals surface area (Å²) in [7, 11) is 0. The van der Waals surface area contributed by atoms with E-state index in [1.807, 2.05) is 24.3 Å². The van der Waals surface area contributed by atoms with E-state index in [1.54, 1.807) is 11.3 Å². The maximum Gasteiger partial charge on any atom is 0.160 e. The number of thiophene rings is 1. The summed E-state index contributed by atoms with van der Waals surface area (Å²) in [4.78, 5) is 10.1. The summed E-state index contributed by atoms with van der Waals surface area (Å²) in [6, 6.07) is 68.3. The van der Waals surface area contributed by atoms with E-state index in [2.05, 4.69) is 181 Å². The van der Waals surface area contributed by atoms with E-state index in [1.165, 1.54) is 65.0 Å². The molecular formula is C51H35N3S. The molecular weight excluding hydrogens is 687 g/mol. The molecule has 0 N–H and O–H groups in total. The van der Waals surface area contributed by atoms with E-state index >= 15 is 0 Å². The zero-order valence-electron chi connectivity index (χ0n) is 30.2. The van der Waals surface area contributed by atoms with Crippen molar-refractivity contribution >= 4 is 64.2 Å². The molecule has 4 heteroatoms. The number of benzene rings is 8. The average Bonchev–Trinajstić information content (AvgIpc) is 3.81. The van der Waals surface area contributed by atoms with Crippen molar-refractivity contribution in [2.24, 2.45) is 0 Å². The molecule has 0 saturated heterocycles. The van der Waals surface area contributed by atoms with Crippen LogP contribution < -0.4 is 0 Å². The lowest BCUT2D eigenvalue weighted by atomic mass is 10.0. The number of hydrogen-bond donors (Lipinski definition) is 0. The van der Waals surface area contributed by atoms with Crippen LogP contribution in [0, 0.1) is 6.92 Å². The Bertz CT molecular complexity index is 3090. The summed E-state index contributed by atoms with van der Waals surface area (Å²) < 4.78 is 4.78. The van der Waals surface area contributed by atoms with Crippen LogP contribution in [-0.2, 0) is 0 Å². The van der Waals surface area contributed by atoms with Crippen LogP contribution in [0.2, 0.25) is 0 Å². The first kappa shape index (κ1) is 32.7. The lowest BCUT2D eigenvalue weighted by Gasteiger charge is -2.09. The van der Waals surface area contributed by atoms with Crippen LogP contribution in [0.3, 0.4) is 0 Å². The Hall–Kier alpha value is -6.88. The molecule has 11 rings (SSSR count). The Morgan fingerprint density at radius 2 is 0.982 bits per heavy atom. The van der Waals surface area contributed by atoms with Gasteiger partial charge in [-0.1, -0.05) is 170 Å². The molecule has 0 bridgehead atoms. The van der Waals surface area contributed by atoms with Gasteiger partial charge >= 0.3 is 0 Å². The van der Waals surface area contributed by atoms with Crippen LogP contribution in [0.5, 0.6) is 0 Å². The second-order valence-corrected chi connectivity index (χ2v) is 14.9. The largest absolute Gasteiger partial charge is 0.309 e. The molecule has 0 fully saturated rings. The van der Waals surface area contributed by atoms with E-state index in [4.69, 9.17) is 9.97 Å². The number of aromatic nitrogens is 3. The monoisotopic (exact) mass is 721 g/mol. The van der Waals surface area contributed by atoms with Gasteiger partial charge in [0, 0.05) is 37.7 Å². The molecule has 3 aromatic heterocycles. The molecule has 11 aromatic rings. The summed E-state index contributed by atoms with van der Waals surface area (Å²) in [5, 5.41) is 6.35. The molecule has 0 atom stereocenters. The van der Waals surface area contributed by atoms with E-state index in [0.717, 1.165) is 32.9 Å². The molecule has 0 amide bonds. The highest BCUT2D eigenvalue weighted by Gasteiger charge is 2.17. The molecule has 8 aromatic carbocycles. The van der Waals surface area contributed by atoms with E-state index in [9.17, 15) is 0 Å². The van der Waals surface area contributed by atoms with Crippen LogP contribution in [0.25, 0.3) is 92.3 Å². The molecule has 0 aliphatic carbocycles. The number of hydrogen-bond acceptors (Lipinski definition) is 3. The Morgan fingerprint density at radius 3 is 1.69 bits per heavy atom. The van der Waals surface area contributed by atoms with Crippen LogP contribution in [-0.4, -0.2) is 14.5 Å². The molecule has 0 saturated carbocycles.